The van der Waals surface area contributed by atoms with Gasteiger partial charge in [0.2, 0.25) is 0 Å². The van der Waals surface area contributed by atoms with Crippen LogP contribution in [-0.2, 0) is 9.53 Å². The normalized spacial score (nSPS) is 8.62. The van der Waals surface area contributed by atoms with E-state index in [0.29, 0.717) is 5.76 Å². The van der Waals surface area contributed by atoms with E-state index >= 15 is 0 Å². The molecule has 0 aromatic heterocycles. The lowest BCUT2D eigenvalue weighted by molar-refractivity contribution is -0.136. The van der Waals surface area contributed by atoms with Crippen LogP contribution < -0.4 is 0 Å². The minimum absolute atomic E-state index is 0.334. The minimum atomic E-state index is -0.360. The Morgan fingerprint density at radius 3 is 1.92 bits per heavy atom. The number of rotatable bonds is 3. The molecule has 0 aliphatic rings. The third kappa shape index (κ3) is 13.7. The van der Waals surface area contributed by atoms with E-state index in [1.54, 1.807) is 12.2 Å². The SMILES string of the molecule is C=C(C)/C=C\C(=C)OC(C)=O.CC. The first-order chi connectivity index (χ1) is 6.02. The number of hydrogen-bond acceptors (Lipinski definition) is 2. The molecule has 0 N–H and O–H groups in total. The summed E-state index contributed by atoms with van der Waals surface area (Å²) in [6.07, 6.45) is 3.33. The summed E-state index contributed by atoms with van der Waals surface area (Å²) in [6.45, 7) is 14.3. The number of esters is 1. The monoisotopic (exact) mass is 182 g/mol. The standard InChI is InChI=1S/C9H12O2.C2H6/c1-7(2)5-6-8(3)11-9(4)10;1-2/h5-6H,1,3H2,2,4H3;1-2H3/b6-5-;. The van der Waals surface area contributed by atoms with Crippen LogP contribution in [0.4, 0.5) is 0 Å². The zero-order valence-electron chi connectivity index (χ0n) is 8.89. The summed E-state index contributed by atoms with van der Waals surface area (Å²) in [5.74, 6) is -0.0261. The summed E-state index contributed by atoms with van der Waals surface area (Å²) in [5.41, 5.74) is 0.887. The fourth-order valence-corrected chi connectivity index (χ4v) is 0.454. The first-order valence-corrected chi connectivity index (χ1v) is 4.23. The Bertz CT molecular complexity index is 212. The maximum atomic E-state index is 10.4. The van der Waals surface area contributed by atoms with Crippen LogP contribution in [0.3, 0.4) is 0 Å². The first-order valence-electron chi connectivity index (χ1n) is 4.23. The van der Waals surface area contributed by atoms with E-state index < -0.39 is 0 Å². The molecular weight excluding hydrogens is 164 g/mol. The lowest BCUT2D eigenvalue weighted by Gasteiger charge is -1.97. The predicted molar refractivity (Wildman–Crippen MR) is 56.2 cm³/mol. The highest BCUT2D eigenvalue weighted by molar-refractivity contribution is 5.67. The van der Waals surface area contributed by atoms with E-state index in [9.17, 15) is 4.79 Å². The van der Waals surface area contributed by atoms with Gasteiger partial charge < -0.3 is 4.74 Å². The Labute approximate surface area is 80.6 Å². The van der Waals surface area contributed by atoms with Crippen molar-refractivity contribution in [3.8, 4) is 0 Å². The fourth-order valence-electron chi connectivity index (χ4n) is 0.454. The highest BCUT2D eigenvalue weighted by Gasteiger charge is 1.92. The summed E-state index contributed by atoms with van der Waals surface area (Å²) in [5, 5.41) is 0. The van der Waals surface area contributed by atoms with Gasteiger partial charge in [0.15, 0.2) is 0 Å². The molecule has 0 unspecified atom stereocenters. The molecule has 0 aliphatic carbocycles. The van der Waals surface area contributed by atoms with E-state index in [0.717, 1.165) is 5.57 Å². The molecule has 0 saturated carbocycles. The van der Waals surface area contributed by atoms with Crippen molar-refractivity contribution in [3.63, 3.8) is 0 Å². The molecule has 2 nitrogen and oxygen atoms in total. The van der Waals surface area contributed by atoms with Crippen molar-refractivity contribution in [1.82, 2.24) is 0 Å². The van der Waals surface area contributed by atoms with Crippen LogP contribution in [0.25, 0.3) is 0 Å². The molecule has 0 fully saturated rings. The quantitative estimate of drug-likeness (QED) is 0.380. The number of ether oxygens (including phenoxy) is 1. The van der Waals surface area contributed by atoms with Crippen molar-refractivity contribution in [1.29, 1.82) is 0 Å². The third-order valence-electron chi connectivity index (χ3n) is 0.829. The molecular formula is C11H18O2. The summed E-state index contributed by atoms with van der Waals surface area (Å²) in [7, 11) is 0. The maximum Gasteiger partial charge on any atom is 0.308 e. The molecule has 0 spiro atoms. The Kier molecular flexibility index (Phi) is 9.61. The molecule has 13 heavy (non-hydrogen) atoms. The number of carbonyl (C=O) groups is 1. The molecule has 0 saturated heterocycles. The van der Waals surface area contributed by atoms with Gasteiger partial charge in [0.25, 0.3) is 0 Å². The predicted octanol–water partition coefficient (Wildman–Crippen LogP) is 3.22. The fraction of sp³-hybridized carbons (Fsp3) is 0.364. The Morgan fingerprint density at radius 1 is 1.15 bits per heavy atom. The molecule has 0 radical (unpaired) electrons. The van der Waals surface area contributed by atoms with Crippen molar-refractivity contribution in [2.75, 3.05) is 0 Å². The summed E-state index contributed by atoms with van der Waals surface area (Å²) >= 11 is 0. The molecule has 0 atom stereocenters. The van der Waals surface area contributed by atoms with Gasteiger partial charge in [0.05, 0.1) is 0 Å². The van der Waals surface area contributed by atoms with Crippen LogP contribution in [0.5, 0.6) is 0 Å². The minimum Gasteiger partial charge on any atom is -0.427 e. The van der Waals surface area contributed by atoms with E-state index in [4.69, 9.17) is 0 Å². The molecule has 0 amide bonds. The van der Waals surface area contributed by atoms with Crippen molar-refractivity contribution in [3.05, 3.63) is 36.6 Å². The second kappa shape index (κ2) is 8.78. The summed E-state index contributed by atoms with van der Waals surface area (Å²) in [4.78, 5) is 10.4. The van der Waals surface area contributed by atoms with E-state index in [2.05, 4.69) is 17.9 Å². The van der Waals surface area contributed by atoms with Crippen LogP contribution in [0.2, 0.25) is 0 Å². The number of allylic oxidation sites excluding steroid dienone is 3. The van der Waals surface area contributed by atoms with Crippen molar-refractivity contribution in [2.45, 2.75) is 27.7 Å². The Morgan fingerprint density at radius 2 is 1.62 bits per heavy atom. The molecule has 0 aromatic carbocycles. The topological polar surface area (TPSA) is 26.3 Å². The van der Waals surface area contributed by atoms with Gasteiger partial charge in [-0.15, -0.1) is 0 Å². The van der Waals surface area contributed by atoms with Crippen LogP contribution in [-0.4, -0.2) is 5.97 Å². The summed E-state index contributed by atoms with van der Waals surface area (Å²) < 4.78 is 4.64. The van der Waals surface area contributed by atoms with Gasteiger partial charge in [-0.2, -0.15) is 0 Å². The van der Waals surface area contributed by atoms with E-state index in [-0.39, 0.29) is 5.97 Å². The van der Waals surface area contributed by atoms with Gasteiger partial charge in [0, 0.05) is 6.92 Å². The molecule has 0 bridgehead atoms. The maximum absolute atomic E-state index is 10.4. The lowest BCUT2D eigenvalue weighted by Crippen LogP contribution is -1.94. The van der Waals surface area contributed by atoms with Crippen LogP contribution in [0, 0.1) is 0 Å². The highest BCUT2D eigenvalue weighted by atomic mass is 16.5. The van der Waals surface area contributed by atoms with Gasteiger partial charge in [-0.05, 0) is 13.0 Å². The average molecular weight is 182 g/mol. The molecule has 0 aromatic rings. The first kappa shape index (κ1) is 14.2. The van der Waals surface area contributed by atoms with E-state index in [1.807, 2.05) is 20.8 Å². The Hall–Kier alpha value is -1.31. The van der Waals surface area contributed by atoms with Gasteiger partial charge in [-0.3, -0.25) is 4.79 Å². The average Bonchev–Trinajstić information content (AvgIpc) is 2.03. The zero-order chi connectivity index (χ0) is 10.9. The molecule has 0 heterocycles. The molecule has 0 aliphatic heterocycles. The number of carbonyl (C=O) groups excluding carboxylic acids is 1. The molecule has 0 rings (SSSR count). The van der Waals surface area contributed by atoms with Gasteiger partial charge in [0.1, 0.15) is 5.76 Å². The van der Waals surface area contributed by atoms with Crippen LogP contribution in [0.1, 0.15) is 27.7 Å². The number of hydrogen-bond donors (Lipinski definition) is 0. The molecule has 2 heteroatoms. The molecule has 74 valence electrons. The lowest BCUT2D eigenvalue weighted by atomic mass is 10.3. The second-order valence-electron chi connectivity index (χ2n) is 2.24. The van der Waals surface area contributed by atoms with Crippen molar-refractivity contribution < 1.29 is 9.53 Å². The second-order valence-corrected chi connectivity index (χ2v) is 2.24. The Balaban J connectivity index is 0. The smallest absolute Gasteiger partial charge is 0.308 e. The highest BCUT2D eigenvalue weighted by Crippen LogP contribution is 1.98. The van der Waals surface area contributed by atoms with Gasteiger partial charge >= 0.3 is 5.97 Å². The van der Waals surface area contributed by atoms with Crippen molar-refractivity contribution in [2.24, 2.45) is 0 Å². The largest absolute Gasteiger partial charge is 0.427 e. The third-order valence-corrected chi connectivity index (χ3v) is 0.829. The zero-order valence-corrected chi connectivity index (χ0v) is 8.89. The van der Waals surface area contributed by atoms with Crippen LogP contribution in [0.15, 0.2) is 36.6 Å². The van der Waals surface area contributed by atoms with Crippen LogP contribution >= 0.6 is 0 Å². The van der Waals surface area contributed by atoms with Gasteiger partial charge in [-0.25, -0.2) is 0 Å². The van der Waals surface area contributed by atoms with E-state index in [1.165, 1.54) is 6.92 Å². The van der Waals surface area contributed by atoms with Gasteiger partial charge in [-0.1, -0.05) is 38.7 Å². The summed E-state index contributed by atoms with van der Waals surface area (Å²) in [6, 6.07) is 0. The van der Waals surface area contributed by atoms with Crippen molar-refractivity contribution >= 4 is 5.97 Å².